The molecule has 0 aliphatic rings. The summed E-state index contributed by atoms with van der Waals surface area (Å²) in [4.78, 5) is 10.9. The first-order valence-electron chi connectivity index (χ1n) is 6.89. The summed E-state index contributed by atoms with van der Waals surface area (Å²) in [6, 6.07) is 13.2. The van der Waals surface area contributed by atoms with Gasteiger partial charge >= 0.3 is 0 Å². The van der Waals surface area contributed by atoms with Crippen molar-refractivity contribution in [2.24, 2.45) is 5.73 Å². The number of hydrogen-bond donors (Lipinski definition) is 3. The van der Waals surface area contributed by atoms with Gasteiger partial charge in [0.05, 0.1) is 6.04 Å². The van der Waals surface area contributed by atoms with Crippen LogP contribution in [0.15, 0.2) is 42.5 Å². The summed E-state index contributed by atoms with van der Waals surface area (Å²) in [6.07, 6.45) is -0.717. The lowest BCUT2D eigenvalue weighted by Gasteiger charge is -2.16. The normalized spacial score (nSPS) is 13.8. The zero-order valence-electron chi connectivity index (χ0n) is 12.0. The van der Waals surface area contributed by atoms with Crippen LogP contribution in [0.2, 0.25) is 0 Å². The van der Waals surface area contributed by atoms with Crippen molar-refractivity contribution in [1.29, 1.82) is 0 Å². The van der Waals surface area contributed by atoms with E-state index in [2.05, 4.69) is 5.32 Å². The van der Waals surface area contributed by atoms with Crippen molar-refractivity contribution < 1.29 is 14.6 Å². The van der Waals surface area contributed by atoms with Gasteiger partial charge in [-0.15, -0.1) is 0 Å². The smallest absolute Gasteiger partial charge is 0.234 e. The van der Waals surface area contributed by atoms with Gasteiger partial charge in [-0.2, -0.15) is 0 Å². The van der Waals surface area contributed by atoms with Crippen LogP contribution in [0.5, 0.6) is 5.75 Å². The number of rotatable bonds is 7. The molecule has 0 unspecified atom stereocenters. The molecule has 0 bridgehead atoms. The molecular formula is C16H20N2O3. The highest BCUT2D eigenvalue weighted by Gasteiger charge is 2.12. The molecule has 2 aromatic rings. The lowest BCUT2D eigenvalue weighted by molar-refractivity contribution is -0.119. The van der Waals surface area contributed by atoms with Crippen LogP contribution in [0.3, 0.4) is 0 Å². The number of aliphatic hydroxyl groups excluding tert-OH is 1. The van der Waals surface area contributed by atoms with Crippen LogP contribution in [0.4, 0.5) is 0 Å². The minimum absolute atomic E-state index is 0.145. The van der Waals surface area contributed by atoms with Crippen molar-refractivity contribution in [3.63, 3.8) is 0 Å². The Balaban J connectivity index is 1.91. The van der Waals surface area contributed by atoms with Gasteiger partial charge in [0.15, 0.2) is 0 Å². The lowest BCUT2D eigenvalue weighted by atomic mass is 10.1. The van der Waals surface area contributed by atoms with E-state index in [0.29, 0.717) is 0 Å². The van der Waals surface area contributed by atoms with E-state index in [1.54, 1.807) is 6.92 Å². The zero-order chi connectivity index (χ0) is 15.2. The van der Waals surface area contributed by atoms with Gasteiger partial charge in [0.25, 0.3) is 0 Å². The third-order valence-electron chi connectivity index (χ3n) is 3.27. The Hall–Kier alpha value is -2.11. The molecule has 5 heteroatoms. The van der Waals surface area contributed by atoms with Gasteiger partial charge in [0.1, 0.15) is 18.5 Å². The first kappa shape index (κ1) is 15.3. The molecular weight excluding hydrogens is 268 g/mol. The zero-order valence-corrected chi connectivity index (χ0v) is 12.0. The Kier molecular flexibility index (Phi) is 5.14. The number of hydrogen-bond acceptors (Lipinski definition) is 4. The number of amides is 1. The second kappa shape index (κ2) is 7.06. The van der Waals surface area contributed by atoms with Crippen LogP contribution in [-0.2, 0) is 4.79 Å². The Bertz CT molecular complexity index is 610. The van der Waals surface area contributed by atoms with Crippen LogP contribution in [0, 0.1) is 0 Å². The molecule has 2 aromatic carbocycles. The molecule has 0 aliphatic heterocycles. The molecule has 0 saturated heterocycles. The topological polar surface area (TPSA) is 84.6 Å². The first-order chi connectivity index (χ1) is 10.1. The summed E-state index contributed by atoms with van der Waals surface area (Å²) in [5.74, 6) is 0.285. The third kappa shape index (κ3) is 4.18. The number of ether oxygens (including phenoxy) is 1. The molecule has 0 radical (unpaired) electrons. The largest absolute Gasteiger partial charge is 0.490 e. The quantitative estimate of drug-likeness (QED) is 0.711. The van der Waals surface area contributed by atoms with Crippen LogP contribution >= 0.6 is 0 Å². The number of carbonyl (C=O) groups excluding carboxylic acids is 1. The highest BCUT2D eigenvalue weighted by Crippen LogP contribution is 2.25. The highest BCUT2D eigenvalue weighted by atomic mass is 16.5. The van der Waals surface area contributed by atoms with Crippen molar-refractivity contribution in [1.82, 2.24) is 5.32 Å². The monoisotopic (exact) mass is 288 g/mol. The van der Waals surface area contributed by atoms with Crippen molar-refractivity contribution in [2.75, 3.05) is 13.2 Å². The number of aliphatic hydroxyl groups is 1. The van der Waals surface area contributed by atoms with Crippen LogP contribution in [0.1, 0.15) is 6.92 Å². The van der Waals surface area contributed by atoms with Gasteiger partial charge in [0, 0.05) is 11.9 Å². The number of primary amides is 1. The summed E-state index contributed by atoms with van der Waals surface area (Å²) in [7, 11) is 0. The Morgan fingerprint density at radius 2 is 2.00 bits per heavy atom. The number of nitrogens with two attached hydrogens (primary N) is 1. The maximum atomic E-state index is 10.9. The van der Waals surface area contributed by atoms with Crippen LogP contribution < -0.4 is 15.8 Å². The minimum atomic E-state index is -0.717. The molecule has 2 atom stereocenters. The van der Waals surface area contributed by atoms with Crippen molar-refractivity contribution in [2.45, 2.75) is 19.1 Å². The van der Waals surface area contributed by atoms with Gasteiger partial charge in [-0.05, 0) is 18.4 Å². The number of carbonyl (C=O) groups is 1. The fourth-order valence-corrected chi connectivity index (χ4v) is 1.98. The van der Waals surface area contributed by atoms with E-state index < -0.39 is 18.1 Å². The van der Waals surface area contributed by atoms with E-state index in [-0.39, 0.29) is 13.2 Å². The summed E-state index contributed by atoms with van der Waals surface area (Å²) < 4.78 is 5.67. The molecule has 5 nitrogen and oxygen atoms in total. The summed E-state index contributed by atoms with van der Waals surface area (Å²) in [5, 5.41) is 14.8. The van der Waals surface area contributed by atoms with E-state index in [1.807, 2.05) is 42.5 Å². The van der Waals surface area contributed by atoms with E-state index in [0.717, 1.165) is 16.5 Å². The summed E-state index contributed by atoms with van der Waals surface area (Å²) >= 11 is 0. The van der Waals surface area contributed by atoms with Crippen LogP contribution in [-0.4, -0.2) is 36.3 Å². The number of nitrogens with one attached hydrogen (secondary N) is 1. The molecule has 112 valence electrons. The number of fused-ring (bicyclic) bond motifs is 1. The molecule has 0 fully saturated rings. The van der Waals surface area contributed by atoms with Gasteiger partial charge < -0.3 is 20.9 Å². The fourth-order valence-electron chi connectivity index (χ4n) is 1.98. The Morgan fingerprint density at radius 3 is 2.76 bits per heavy atom. The highest BCUT2D eigenvalue weighted by molar-refractivity contribution is 5.88. The summed E-state index contributed by atoms with van der Waals surface area (Å²) in [5.41, 5.74) is 5.14. The Labute approximate surface area is 123 Å². The fraction of sp³-hybridized carbons (Fsp3) is 0.312. The van der Waals surface area contributed by atoms with Gasteiger partial charge in [0.2, 0.25) is 5.91 Å². The predicted molar refractivity (Wildman–Crippen MR) is 82.1 cm³/mol. The molecule has 21 heavy (non-hydrogen) atoms. The standard InChI is InChI=1S/C16H20N2O3/c1-11(16(17)20)18-9-13(19)10-21-15-8-4-6-12-5-2-3-7-14(12)15/h2-8,11,13,18-19H,9-10H2,1H3,(H2,17,20)/t11-,13+/m1/s1. The lowest BCUT2D eigenvalue weighted by Crippen LogP contribution is -2.43. The second-order valence-corrected chi connectivity index (χ2v) is 4.97. The van der Waals surface area contributed by atoms with Crippen LogP contribution in [0.25, 0.3) is 10.8 Å². The van der Waals surface area contributed by atoms with Crippen molar-refractivity contribution >= 4 is 16.7 Å². The van der Waals surface area contributed by atoms with Crippen molar-refractivity contribution in [3.8, 4) is 5.75 Å². The average Bonchev–Trinajstić information content (AvgIpc) is 2.50. The van der Waals surface area contributed by atoms with Crippen molar-refractivity contribution in [3.05, 3.63) is 42.5 Å². The van der Waals surface area contributed by atoms with E-state index >= 15 is 0 Å². The summed E-state index contributed by atoms with van der Waals surface area (Å²) in [6.45, 7) is 2.04. The molecule has 0 aliphatic carbocycles. The average molecular weight is 288 g/mol. The molecule has 1 amide bonds. The van der Waals surface area contributed by atoms with Gasteiger partial charge in [-0.1, -0.05) is 36.4 Å². The molecule has 0 heterocycles. The van der Waals surface area contributed by atoms with E-state index in [4.69, 9.17) is 10.5 Å². The number of benzene rings is 2. The third-order valence-corrected chi connectivity index (χ3v) is 3.27. The molecule has 2 rings (SSSR count). The molecule has 0 spiro atoms. The maximum Gasteiger partial charge on any atom is 0.234 e. The minimum Gasteiger partial charge on any atom is -0.490 e. The van der Waals surface area contributed by atoms with Gasteiger partial charge in [-0.25, -0.2) is 0 Å². The SMILES string of the molecule is C[C@@H](NC[C@H](O)COc1cccc2ccccc12)C(N)=O. The first-order valence-corrected chi connectivity index (χ1v) is 6.89. The predicted octanol–water partition coefficient (Wildman–Crippen LogP) is 1.04. The second-order valence-electron chi connectivity index (χ2n) is 4.97. The molecule has 0 aromatic heterocycles. The molecule has 0 saturated carbocycles. The van der Waals surface area contributed by atoms with E-state index in [9.17, 15) is 9.90 Å². The molecule has 4 N–H and O–H groups in total. The van der Waals surface area contributed by atoms with Gasteiger partial charge in [-0.3, -0.25) is 4.79 Å². The Morgan fingerprint density at radius 1 is 1.29 bits per heavy atom. The maximum absolute atomic E-state index is 10.9. The van der Waals surface area contributed by atoms with E-state index in [1.165, 1.54) is 0 Å².